The Bertz CT molecular complexity index is 926. The minimum Gasteiger partial charge on any atom is -0.459 e. The topological polar surface area (TPSA) is 41.6 Å². The lowest BCUT2D eigenvalue weighted by Crippen LogP contribution is -2.48. The summed E-state index contributed by atoms with van der Waals surface area (Å²) in [6.07, 6.45) is -0.330. The smallest absolute Gasteiger partial charge is 0.338 e. The lowest BCUT2D eigenvalue weighted by molar-refractivity contribution is -0.143. The number of anilines is 1. The van der Waals surface area contributed by atoms with Crippen molar-refractivity contribution in [1.82, 2.24) is 5.32 Å². The number of para-hydroxylation sites is 1. The number of nitrogens with zero attached hydrogens (tertiary/aromatic N) is 1. The normalized spacial score (nSPS) is 17.0. The Labute approximate surface area is 173 Å². The number of nitrogens with one attached hydrogen (secondary N) is 1. The summed E-state index contributed by atoms with van der Waals surface area (Å²) in [6.45, 7) is 5.28. The van der Waals surface area contributed by atoms with Crippen molar-refractivity contribution in [2.45, 2.75) is 32.9 Å². The molecule has 1 atom stereocenters. The zero-order valence-corrected chi connectivity index (χ0v) is 17.3. The average Bonchev–Trinajstić information content (AvgIpc) is 2.61. The van der Waals surface area contributed by atoms with E-state index in [0.29, 0.717) is 10.8 Å². The first-order valence-corrected chi connectivity index (χ1v) is 9.61. The molecular weight excluding hydrogens is 399 g/mol. The summed E-state index contributed by atoms with van der Waals surface area (Å²) in [5.41, 5.74) is 1.77. The van der Waals surface area contributed by atoms with Crippen molar-refractivity contribution >= 4 is 40.6 Å². The van der Waals surface area contributed by atoms with Crippen LogP contribution in [0, 0.1) is 5.82 Å². The number of rotatable bonds is 4. The molecule has 2 aromatic carbocycles. The lowest BCUT2D eigenvalue weighted by Gasteiger charge is -2.38. The van der Waals surface area contributed by atoms with Gasteiger partial charge in [-0.2, -0.15) is 0 Å². The molecule has 7 heteroatoms. The van der Waals surface area contributed by atoms with Gasteiger partial charge in [-0.25, -0.2) is 9.18 Å². The number of carbonyl (C=O) groups excluding carboxylic acids is 1. The van der Waals surface area contributed by atoms with Gasteiger partial charge in [-0.3, -0.25) is 4.90 Å². The summed E-state index contributed by atoms with van der Waals surface area (Å²) in [6, 6.07) is 12.9. The average molecular weight is 419 g/mol. The van der Waals surface area contributed by atoms with Crippen LogP contribution in [-0.2, 0) is 9.53 Å². The van der Waals surface area contributed by atoms with Crippen LogP contribution in [0.1, 0.15) is 32.4 Å². The van der Waals surface area contributed by atoms with Crippen molar-refractivity contribution in [2.24, 2.45) is 0 Å². The maximum atomic E-state index is 14.7. The first-order chi connectivity index (χ1) is 13.3. The molecule has 0 spiro atoms. The van der Waals surface area contributed by atoms with Crippen LogP contribution in [0.5, 0.6) is 0 Å². The van der Waals surface area contributed by atoms with Gasteiger partial charge in [0.1, 0.15) is 5.82 Å². The molecule has 0 saturated heterocycles. The number of halogens is 2. The zero-order valence-electron chi connectivity index (χ0n) is 15.7. The summed E-state index contributed by atoms with van der Waals surface area (Å²) in [5.74, 6) is -1.07. The number of allylic oxidation sites excluding steroid dienone is 1. The highest BCUT2D eigenvalue weighted by molar-refractivity contribution is 7.80. The second-order valence-electron chi connectivity index (χ2n) is 6.64. The van der Waals surface area contributed by atoms with Gasteiger partial charge in [-0.05, 0) is 57.3 Å². The molecule has 28 heavy (non-hydrogen) atoms. The van der Waals surface area contributed by atoms with Gasteiger partial charge in [-0.15, -0.1) is 0 Å². The van der Waals surface area contributed by atoms with Gasteiger partial charge in [0.05, 0.1) is 17.7 Å². The largest absolute Gasteiger partial charge is 0.459 e. The molecular formula is C21H20ClFN2O2S. The van der Waals surface area contributed by atoms with E-state index in [9.17, 15) is 9.18 Å². The number of hydrogen-bond acceptors (Lipinski definition) is 3. The molecule has 1 heterocycles. The monoisotopic (exact) mass is 418 g/mol. The maximum absolute atomic E-state index is 14.7. The standard InChI is InChI=1S/C21H20ClFN2O2S/c1-12(2)27-20(26)17-13(3)25(14-8-5-4-6-9-14)21(28)24-19(17)18-15(22)10-7-11-16(18)23/h4-12,19H,1-3H3,(H,24,28)/t19-/m0/s1. The maximum Gasteiger partial charge on any atom is 0.338 e. The SMILES string of the molecule is CC1=C(C(=O)OC(C)C)[C@@H](c2c(F)cccc2Cl)NC(=S)N1c1ccccc1. The molecule has 0 aromatic heterocycles. The third-order valence-corrected chi connectivity index (χ3v) is 4.98. The fraction of sp³-hybridized carbons (Fsp3) is 0.238. The van der Waals surface area contributed by atoms with Crippen LogP contribution in [0.2, 0.25) is 5.02 Å². The Morgan fingerprint density at radius 2 is 1.89 bits per heavy atom. The molecule has 0 fully saturated rings. The molecule has 2 aromatic rings. The zero-order chi connectivity index (χ0) is 20.4. The molecule has 0 unspecified atom stereocenters. The van der Waals surface area contributed by atoms with Gasteiger partial charge in [-0.1, -0.05) is 35.9 Å². The predicted molar refractivity (Wildman–Crippen MR) is 113 cm³/mol. The minimum atomic E-state index is -0.854. The summed E-state index contributed by atoms with van der Waals surface area (Å²) < 4.78 is 20.1. The van der Waals surface area contributed by atoms with Crippen LogP contribution in [0.3, 0.4) is 0 Å². The molecule has 0 radical (unpaired) electrons. The van der Waals surface area contributed by atoms with Crippen LogP contribution >= 0.6 is 23.8 Å². The summed E-state index contributed by atoms with van der Waals surface area (Å²) >= 11 is 11.8. The van der Waals surface area contributed by atoms with E-state index in [1.807, 2.05) is 30.3 Å². The molecule has 0 aliphatic carbocycles. The number of thiocarbonyl (C=S) groups is 1. The van der Waals surface area contributed by atoms with Crippen LogP contribution in [0.4, 0.5) is 10.1 Å². The molecule has 3 rings (SSSR count). The van der Waals surface area contributed by atoms with Crippen LogP contribution in [0.25, 0.3) is 0 Å². The van der Waals surface area contributed by atoms with E-state index in [1.165, 1.54) is 12.1 Å². The van der Waals surface area contributed by atoms with Crippen molar-refractivity contribution in [2.75, 3.05) is 4.90 Å². The van der Waals surface area contributed by atoms with E-state index < -0.39 is 17.8 Å². The lowest BCUT2D eigenvalue weighted by atomic mass is 9.94. The number of hydrogen-bond donors (Lipinski definition) is 1. The number of carbonyl (C=O) groups is 1. The second-order valence-corrected chi connectivity index (χ2v) is 7.44. The van der Waals surface area contributed by atoms with Crippen molar-refractivity contribution in [3.8, 4) is 0 Å². The third kappa shape index (κ3) is 3.88. The molecule has 1 aliphatic rings. The fourth-order valence-electron chi connectivity index (χ4n) is 3.18. The van der Waals surface area contributed by atoms with E-state index in [4.69, 9.17) is 28.6 Å². The first-order valence-electron chi connectivity index (χ1n) is 8.82. The van der Waals surface area contributed by atoms with Gasteiger partial charge < -0.3 is 10.1 Å². The Balaban J connectivity index is 2.19. The Hall–Kier alpha value is -2.44. The van der Waals surface area contributed by atoms with Crippen molar-refractivity contribution in [3.05, 3.63) is 76.2 Å². The highest BCUT2D eigenvalue weighted by Crippen LogP contribution is 2.37. The van der Waals surface area contributed by atoms with E-state index in [-0.39, 0.29) is 22.3 Å². The molecule has 0 bridgehead atoms. The van der Waals surface area contributed by atoms with E-state index in [0.717, 1.165) is 5.69 Å². The molecule has 0 amide bonds. The summed E-state index contributed by atoms with van der Waals surface area (Å²) in [7, 11) is 0. The van der Waals surface area contributed by atoms with Crippen LogP contribution < -0.4 is 10.2 Å². The van der Waals surface area contributed by atoms with Crippen molar-refractivity contribution < 1.29 is 13.9 Å². The first kappa shape index (κ1) is 20.3. The fourth-order valence-corrected chi connectivity index (χ4v) is 3.81. The molecule has 146 valence electrons. The van der Waals surface area contributed by atoms with Crippen LogP contribution in [0.15, 0.2) is 59.8 Å². The van der Waals surface area contributed by atoms with Gasteiger partial charge in [0, 0.05) is 22.0 Å². The van der Waals surface area contributed by atoms with Gasteiger partial charge in [0.15, 0.2) is 5.11 Å². The minimum absolute atomic E-state index is 0.161. The Morgan fingerprint density at radius 3 is 2.50 bits per heavy atom. The predicted octanol–water partition coefficient (Wildman–Crippen LogP) is 5.14. The number of esters is 1. The van der Waals surface area contributed by atoms with Crippen molar-refractivity contribution in [1.29, 1.82) is 0 Å². The molecule has 1 N–H and O–H groups in total. The Morgan fingerprint density at radius 1 is 1.21 bits per heavy atom. The van der Waals surface area contributed by atoms with Crippen LogP contribution in [-0.4, -0.2) is 17.2 Å². The third-order valence-electron chi connectivity index (χ3n) is 4.35. The van der Waals surface area contributed by atoms with E-state index >= 15 is 0 Å². The summed E-state index contributed by atoms with van der Waals surface area (Å²) in [5, 5.41) is 3.62. The summed E-state index contributed by atoms with van der Waals surface area (Å²) in [4.78, 5) is 14.7. The molecule has 1 aliphatic heterocycles. The quantitative estimate of drug-likeness (QED) is 0.550. The molecule has 0 saturated carbocycles. The van der Waals surface area contributed by atoms with Gasteiger partial charge in [0.25, 0.3) is 0 Å². The van der Waals surface area contributed by atoms with E-state index in [2.05, 4.69) is 5.32 Å². The number of benzene rings is 2. The van der Waals surface area contributed by atoms with Crippen molar-refractivity contribution in [3.63, 3.8) is 0 Å². The Kier molecular flexibility index (Phi) is 6.01. The highest BCUT2D eigenvalue weighted by atomic mass is 35.5. The van der Waals surface area contributed by atoms with E-state index in [1.54, 1.807) is 31.7 Å². The highest BCUT2D eigenvalue weighted by Gasteiger charge is 2.37. The second kappa shape index (κ2) is 8.29. The number of ether oxygens (including phenoxy) is 1. The molecule has 4 nitrogen and oxygen atoms in total. The van der Waals surface area contributed by atoms with Gasteiger partial charge >= 0.3 is 5.97 Å². The van der Waals surface area contributed by atoms with Gasteiger partial charge in [0.2, 0.25) is 0 Å².